The molecule has 0 radical (unpaired) electrons. The molecule has 0 aromatic heterocycles. The van der Waals surface area contributed by atoms with Crippen LogP contribution in [0.15, 0.2) is 48.5 Å². The lowest BCUT2D eigenvalue weighted by atomic mass is 10.0. The summed E-state index contributed by atoms with van der Waals surface area (Å²) in [6.07, 6.45) is 3.59. The molecule has 0 aliphatic carbocycles. The zero-order chi connectivity index (χ0) is 20.7. The van der Waals surface area contributed by atoms with E-state index in [0.717, 1.165) is 37.9 Å². The number of hydrogen-bond acceptors (Lipinski definition) is 3. The van der Waals surface area contributed by atoms with Crippen LogP contribution < -0.4 is 4.90 Å². The number of fused-ring (bicyclic) bond motifs is 2. The lowest BCUT2D eigenvalue weighted by molar-refractivity contribution is -0.122. The van der Waals surface area contributed by atoms with Crippen molar-refractivity contribution < 1.29 is 14.4 Å². The molecule has 3 aliphatic rings. The smallest absolute Gasteiger partial charge is 0.256 e. The Balaban J connectivity index is 1.54. The number of benzene rings is 2. The second kappa shape index (κ2) is 7.59. The lowest BCUT2D eigenvalue weighted by Gasteiger charge is -2.27. The molecule has 0 unspecified atom stereocenters. The summed E-state index contributed by atoms with van der Waals surface area (Å²) < 4.78 is 0. The molecule has 154 valence electrons. The van der Waals surface area contributed by atoms with E-state index in [0.29, 0.717) is 29.8 Å². The highest BCUT2D eigenvalue weighted by atomic mass is 16.2. The van der Waals surface area contributed by atoms with E-state index in [4.69, 9.17) is 0 Å². The third-order valence-electron chi connectivity index (χ3n) is 6.46. The summed E-state index contributed by atoms with van der Waals surface area (Å²) in [5, 5.41) is 0. The average Bonchev–Trinajstić information content (AvgIpc) is 3.47. The number of rotatable bonds is 3. The standard InChI is InChI=1S/C24H25N3O3/c28-22(25-13-5-6-14-25)18-9-2-1-8-17(18)16-27-20-11-4-3-10-19(20)23(29)26-15-7-12-21(26)24(27)30/h1-4,8-11,21H,5-7,12-16H2/t21-/m0/s1. The molecule has 3 aliphatic heterocycles. The Kier molecular flexibility index (Phi) is 4.77. The maximum absolute atomic E-state index is 13.5. The van der Waals surface area contributed by atoms with E-state index in [2.05, 4.69) is 0 Å². The van der Waals surface area contributed by atoms with E-state index >= 15 is 0 Å². The molecular formula is C24H25N3O3. The van der Waals surface area contributed by atoms with Crippen molar-refractivity contribution in [2.75, 3.05) is 24.5 Å². The van der Waals surface area contributed by atoms with Gasteiger partial charge in [0.15, 0.2) is 0 Å². The first kappa shape index (κ1) is 18.9. The highest BCUT2D eigenvalue weighted by Crippen LogP contribution is 2.33. The van der Waals surface area contributed by atoms with Gasteiger partial charge in [-0.1, -0.05) is 30.3 Å². The van der Waals surface area contributed by atoms with Gasteiger partial charge >= 0.3 is 0 Å². The zero-order valence-electron chi connectivity index (χ0n) is 16.9. The topological polar surface area (TPSA) is 60.9 Å². The quantitative estimate of drug-likeness (QED) is 0.791. The van der Waals surface area contributed by atoms with E-state index in [1.165, 1.54) is 0 Å². The van der Waals surface area contributed by atoms with Gasteiger partial charge in [-0.25, -0.2) is 0 Å². The van der Waals surface area contributed by atoms with Gasteiger partial charge in [0.05, 0.1) is 17.8 Å². The largest absolute Gasteiger partial charge is 0.339 e. The Labute approximate surface area is 176 Å². The lowest BCUT2D eigenvalue weighted by Crippen LogP contribution is -2.44. The number of hydrogen-bond donors (Lipinski definition) is 0. The predicted molar refractivity (Wildman–Crippen MR) is 113 cm³/mol. The van der Waals surface area contributed by atoms with Crippen molar-refractivity contribution in [3.63, 3.8) is 0 Å². The van der Waals surface area contributed by atoms with Crippen LogP contribution in [-0.4, -0.2) is 53.2 Å². The molecule has 0 bridgehead atoms. The molecule has 3 amide bonds. The van der Waals surface area contributed by atoms with Crippen LogP contribution in [-0.2, 0) is 11.3 Å². The first-order valence-corrected chi connectivity index (χ1v) is 10.7. The van der Waals surface area contributed by atoms with Gasteiger partial charge in [0.2, 0.25) is 5.91 Å². The molecule has 2 aromatic rings. The summed E-state index contributed by atoms with van der Waals surface area (Å²) in [5.41, 5.74) is 2.64. The fraction of sp³-hybridized carbons (Fsp3) is 0.375. The van der Waals surface area contributed by atoms with E-state index in [1.807, 2.05) is 47.4 Å². The molecule has 0 saturated carbocycles. The summed E-state index contributed by atoms with van der Waals surface area (Å²) in [5.74, 6) is -0.114. The molecule has 6 nitrogen and oxygen atoms in total. The van der Waals surface area contributed by atoms with E-state index < -0.39 is 6.04 Å². The number of carbonyl (C=O) groups is 3. The number of para-hydroxylation sites is 1. The van der Waals surface area contributed by atoms with Gasteiger partial charge in [0, 0.05) is 25.2 Å². The third-order valence-corrected chi connectivity index (χ3v) is 6.46. The Morgan fingerprint density at radius 1 is 0.900 bits per heavy atom. The average molecular weight is 403 g/mol. The molecule has 6 heteroatoms. The van der Waals surface area contributed by atoms with Crippen molar-refractivity contribution in [1.29, 1.82) is 0 Å². The molecule has 2 saturated heterocycles. The minimum absolute atomic E-state index is 0.0252. The minimum atomic E-state index is -0.425. The minimum Gasteiger partial charge on any atom is -0.339 e. The maximum atomic E-state index is 13.5. The van der Waals surface area contributed by atoms with Gasteiger partial charge in [-0.2, -0.15) is 0 Å². The summed E-state index contributed by atoms with van der Waals surface area (Å²) in [4.78, 5) is 45.0. The molecule has 2 fully saturated rings. The van der Waals surface area contributed by atoms with Gasteiger partial charge in [0.25, 0.3) is 11.8 Å². The van der Waals surface area contributed by atoms with Crippen LogP contribution in [0.1, 0.15) is 52.0 Å². The van der Waals surface area contributed by atoms with Crippen molar-refractivity contribution in [1.82, 2.24) is 9.80 Å². The molecule has 5 rings (SSSR count). The monoisotopic (exact) mass is 403 g/mol. The van der Waals surface area contributed by atoms with Crippen LogP contribution in [0.25, 0.3) is 0 Å². The van der Waals surface area contributed by atoms with Crippen molar-refractivity contribution in [3.05, 3.63) is 65.2 Å². The number of amides is 3. The first-order chi connectivity index (χ1) is 14.6. The highest BCUT2D eigenvalue weighted by molar-refractivity contribution is 6.11. The number of carbonyl (C=O) groups excluding carboxylic acids is 3. The van der Waals surface area contributed by atoms with Gasteiger partial charge < -0.3 is 14.7 Å². The van der Waals surface area contributed by atoms with Crippen molar-refractivity contribution in [2.24, 2.45) is 0 Å². The highest BCUT2D eigenvalue weighted by Gasteiger charge is 2.42. The zero-order valence-corrected chi connectivity index (χ0v) is 16.9. The number of likely N-dealkylation sites (tertiary alicyclic amines) is 1. The van der Waals surface area contributed by atoms with Gasteiger partial charge in [-0.3, -0.25) is 14.4 Å². The summed E-state index contributed by atoms with van der Waals surface area (Å²) >= 11 is 0. The predicted octanol–water partition coefficient (Wildman–Crippen LogP) is 3.07. The van der Waals surface area contributed by atoms with Gasteiger partial charge in [-0.15, -0.1) is 0 Å². The summed E-state index contributed by atoms with van der Waals surface area (Å²) in [6, 6.07) is 14.4. The van der Waals surface area contributed by atoms with Crippen LogP contribution in [0.4, 0.5) is 5.69 Å². The van der Waals surface area contributed by atoms with Crippen molar-refractivity contribution in [3.8, 4) is 0 Å². The van der Waals surface area contributed by atoms with Crippen molar-refractivity contribution >= 4 is 23.4 Å². The molecular weight excluding hydrogens is 378 g/mol. The Morgan fingerprint density at radius 3 is 2.47 bits per heavy atom. The second-order valence-electron chi connectivity index (χ2n) is 8.25. The third kappa shape index (κ3) is 3.07. The van der Waals surface area contributed by atoms with Crippen molar-refractivity contribution in [2.45, 2.75) is 38.3 Å². The van der Waals surface area contributed by atoms with E-state index in [9.17, 15) is 14.4 Å². The Bertz CT molecular complexity index is 1010. The molecule has 0 N–H and O–H groups in total. The molecule has 1 atom stereocenters. The maximum Gasteiger partial charge on any atom is 0.256 e. The van der Waals surface area contributed by atoms with Crippen LogP contribution in [0, 0.1) is 0 Å². The SMILES string of the molecule is O=C(c1ccccc1CN1C(=O)[C@@H]2CCCN2C(=O)c2ccccc21)N1CCCC1. The molecule has 3 heterocycles. The van der Waals surface area contributed by atoms with Crippen LogP contribution >= 0.6 is 0 Å². The van der Waals surface area contributed by atoms with Crippen LogP contribution in [0.2, 0.25) is 0 Å². The second-order valence-corrected chi connectivity index (χ2v) is 8.25. The fourth-order valence-corrected chi connectivity index (χ4v) is 4.90. The molecule has 30 heavy (non-hydrogen) atoms. The van der Waals surface area contributed by atoms with Gasteiger partial charge in [0.1, 0.15) is 6.04 Å². The normalized spacial score (nSPS) is 20.9. The van der Waals surface area contributed by atoms with Crippen LogP contribution in [0.3, 0.4) is 0 Å². The summed E-state index contributed by atoms with van der Waals surface area (Å²) in [7, 11) is 0. The summed E-state index contributed by atoms with van der Waals surface area (Å²) in [6.45, 7) is 2.46. The molecule has 0 spiro atoms. The molecule has 2 aromatic carbocycles. The van der Waals surface area contributed by atoms with E-state index in [-0.39, 0.29) is 24.3 Å². The first-order valence-electron chi connectivity index (χ1n) is 10.7. The fourth-order valence-electron chi connectivity index (χ4n) is 4.90. The van der Waals surface area contributed by atoms with Gasteiger partial charge in [-0.05, 0) is 49.4 Å². The van der Waals surface area contributed by atoms with E-state index in [1.54, 1.807) is 15.9 Å². The van der Waals surface area contributed by atoms with Crippen LogP contribution in [0.5, 0.6) is 0 Å². The Morgan fingerprint density at radius 2 is 1.63 bits per heavy atom. The Hall–Kier alpha value is -3.15. The number of nitrogens with zero attached hydrogens (tertiary/aromatic N) is 3. The number of anilines is 1.